The Labute approximate surface area is 132 Å². The third-order valence-corrected chi connectivity index (χ3v) is 4.20. The van der Waals surface area contributed by atoms with Crippen LogP contribution in [0.4, 0.5) is 4.39 Å². The van der Waals surface area contributed by atoms with E-state index in [0.29, 0.717) is 12.8 Å². The Balaban J connectivity index is 1.81. The lowest BCUT2D eigenvalue weighted by Gasteiger charge is -2.37. The monoisotopic (exact) mass is 319 g/mol. The number of hydrogen-bond donors (Lipinski definition) is 3. The van der Waals surface area contributed by atoms with Crippen LogP contribution in [-0.2, 0) is 7.05 Å². The number of hydrogen-bond acceptors (Lipinski definition) is 4. The summed E-state index contributed by atoms with van der Waals surface area (Å²) in [6, 6.07) is 2.96. The Hall–Kier alpha value is -2.41. The number of nitrogens with one attached hydrogen (secondary N) is 1. The molecule has 1 atom stereocenters. The first-order chi connectivity index (χ1) is 10.9. The third-order valence-electron chi connectivity index (χ3n) is 4.20. The van der Waals surface area contributed by atoms with Crippen molar-refractivity contribution in [1.29, 1.82) is 0 Å². The largest absolute Gasteiger partial charge is 0.507 e. The summed E-state index contributed by atoms with van der Waals surface area (Å²) in [6.45, 7) is 0. The van der Waals surface area contributed by atoms with E-state index in [1.54, 1.807) is 24.1 Å². The predicted octanol–water partition coefficient (Wildman–Crippen LogP) is 1.51. The van der Waals surface area contributed by atoms with E-state index >= 15 is 0 Å². The summed E-state index contributed by atoms with van der Waals surface area (Å²) < 4.78 is 14.7. The lowest BCUT2D eigenvalue weighted by atomic mass is 9.75. The second kappa shape index (κ2) is 6.00. The second-order valence-electron chi connectivity index (χ2n) is 5.95. The van der Waals surface area contributed by atoms with E-state index in [-0.39, 0.29) is 23.6 Å². The highest BCUT2D eigenvalue weighted by Crippen LogP contribution is 2.38. The van der Waals surface area contributed by atoms with E-state index < -0.39 is 17.5 Å². The van der Waals surface area contributed by atoms with Crippen LogP contribution < -0.4 is 5.32 Å². The summed E-state index contributed by atoms with van der Waals surface area (Å²) in [5.41, 5.74) is 0.847. The quantitative estimate of drug-likeness (QED) is 0.797. The number of nitrogens with zero attached hydrogens (tertiary/aromatic N) is 2. The minimum atomic E-state index is -0.607. The van der Waals surface area contributed by atoms with Crippen molar-refractivity contribution in [2.24, 2.45) is 13.0 Å². The van der Waals surface area contributed by atoms with Gasteiger partial charge in [0.1, 0.15) is 11.6 Å². The molecule has 2 aromatic rings. The first-order valence-corrected chi connectivity index (χ1v) is 7.40. The molecule has 0 spiro atoms. The average molecular weight is 319 g/mol. The Kier molecular flexibility index (Phi) is 4.04. The molecule has 1 heterocycles. The zero-order valence-electron chi connectivity index (χ0n) is 12.6. The van der Waals surface area contributed by atoms with Crippen molar-refractivity contribution in [3.63, 3.8) is 0 Å². The van der Waals surface area contributed by atoms with Gasteiger partial charge in [-0.05, 0) is 30.9 Å². The van der Waals surface area contributed by atoms with Gasteiger partial charge in [0, 0.05) is 24.9 Å². The van der Waals surface area contributed by atoms with Crippen LogP contribution in [0, 0.1) is 11.7 Å². The molecule has 1 fully saturated rings. The summed E-state index contributed by atoms with van der Waals surface area (Å²) in [5, 5.41) is 26.2. The van der Waals surface area contributed by atoms with Gasteiger partial charge in [-0.1, -0.05) is 0 Å². The van der Waals surface area contributed by atoms with Crippen LogP contribution in [0.1, 0.15) is 34.8 Å². The molecule has 0 radical (unpaired) electrons. The first-order valence-electron chi connectivity index (χ1n) is 7.40. The van der Waals surface area contributed by atoms with Crippen molar-refractivity contribution in [2.75, 3.05) is 0 Å². The van der Waals surface area contributed by atoms with Gasteiger partial charge in [0.05, 0.1) is 23.9 Å². The van der Waals surface area contributed by atoms with Crippen LogP contribution >= 0.6 is 0 Å². The molecule has 3 N–H and O–H groups in total. The molecule has 0 saturated heterocycles. The highest BCUT2D eigenvalue weighted by atomic mass is 19.1. The molecule has 0 unspecified atom stereocenters. The molecule has 7 heteroatoms. The van der Waals surface area contributed by atoms with E-state index in [0.717, 1.165) is 17.7 Å². The molecule has 1 aliphatic carbocycles. The van der Waals surface area contributed by atoms with E-state index in [9.17, 15) is 19.4 Å². The molecule has 122 valence electrons. The maximum absolute atomic E-state index is 13.0. The number of aromatic hydroxyl groups is 1. The van der Waals surface area contributed by atoms with Gasteiger partial charge in [0.25, 0.3) is 5.91 Å². The number of carbonyl (C=O) groups excluding carboxylic acids is 1. The molecule has 1 aliphatic rings. The zero-order valence-corrected chi connectivity index (χ0v) is 12.6. The summed E-state index contributed by atoms with van der Waals surface area (Å²) in [4.78, 5) is 12.4. The molecule has 1 saturated carbocycles. The molecule has 6 nitrogen and oxygen atoms in total. The smallest absolute Gasteiger partial charge is 0.255 e. The average Bonchev–Trinajstić information content (AvgIpc) is 2.88. The molecule has 1 amide bonds. The van der Waals surface area contributed by atoms with Crippen molar-refractivity contribution < 1.29 is 19.4 Å². The van der Waals surface area contributed by atoms with Crippen LogP contribution in [0.15, 0.2) is 30.6 Å². The van der Waals surface area contributed by atoms with Gasteiger partial charge in [0.15, 0.2) is 0 Å². The molecule has 23 heavy (non-hydrogen) atoms. The lowest BCUT2D eigenvalue weighted by molar-refractivity contribution is 0.0235. The number of aryl methyl sites for hydroxylation is 1. The van der Waals surface area contributed by atoms with Crippen molar-refractivity contribution in [3.8, 4) is 5.75 Å². The van der Waals surface area contributed by atoms with E-state index in [1.807, 2.05) is 0 Å². The molecule has 0 bridgehead atoms. The number of halogens is 1. The van der Waals surface area contributed by atoms with Crippen molar-refractivity contribution in [2.45, 2.75) is 25.0 Å². The van der Waals surface area contributed by atoms with Gasteiger partial charge in [-0.2, -0.15) is 5.10 Å². The lowest BCUT2D eigenvalue weighted by Crippen LogP contribution is -2.41. The minimum absolute atomic E-state index is 0.0140. The maximum atomic E-state index is 13.0. The summed E-state index contributed by atoms with van der Waals surface area (Å²) in [5.74, 6) is -1.40. The van der Waals surface area contributed by atoms with Crippen LogP contribution in [0.3, 0.4) is 0 Å². The van der Waals surface area contributed by atoms with E-state index in [1.165, 1.54) is 6.07 Å². The second-order valence-corrected chi connectivity index (χ2v) is 5.95. The fourth-order valence-corrected chi connectivity index (χ4v) is 2.89. The van der Waals surface area contributed by atoms with Gasteiger partial charge in [-0.15, -0.1) is 0 Å². The topological polar surface area (TPSA) is 87.4 Å². The third kappa shape index (κ3) is 3.19. The number of aromatic nitrogens is 2. The van der Waals surface area contributed by atoms with Gasteiger partial charge in [0.2, 0.25) is 0 Å². The molecular weight excluding hydrogens is 301 g/mol. The predicted molar refractivity (Wildman–Crippen MR) is 80.2 cm³/mol. The standard InChI is InChI=1S/C16H18FN3O3/c1-20-8-10(7-18-20)15(9-4-12(21)5-9)19-16(23)13-3-2-11(17)6-14(13)22/h2-3,6-9,12,15,21-22H,4-5H2,1H3,(H,19,23)/t9?,12?,15-/m0/s1. The number of aliphatic hydroxyl groups is 1. The Bertz CT molecular complexity index is 725. The minimum Gasteiger partial charge on any atom is -0.507 e. The van der Waals surface area contributed by atoms with Crippen molar-refractivity contribution in [3.05, 3.63) is 47.5 Å². The Morgan fingerprint density at radius 3 is 2.78 bits per heavy atom. The molecule has 3 rings (SSSR count). The fraction of sp³-hybridized carbons (Fsp3) is 0.375. The van der Waals surface area contributed by atoms with Crippen LogP contribution in [0.2, 0.25) is 0 Å². The van der Waals surface area contributed by atoms with Gasteiger partial charge >= 0.3 is 0 Å². The van der Waals surface area contributed by atoms with Gasteiger partial charge < -0.3 is 15.5 Å². The number of carbonyl (C=O) groups is 1. The highest BCUT2D eigenvalue weighted by molar-refractivity contribution is 5.97. The summed E-state index contributed by atoms with van der Waals surface area (Å²) in [6.07, 6.45) is 4.31. The number of aliphatic hydroxyl groups excluding tert-OH is 1. The molecule has 0 aliphatic heterocycles. The van der Waals surface area contributed by atoms with Crippen LogP contribution in [0.5, 0.6) is 5.75 Å². The first kappa shape index (κ1) is 15.5. The number of amides is 1. The van der Waals surface area contributed by atoms with Crippen LogP contribution in [-0.4, -0.2) is 32.0 Å². The zero-order chi connectivity index (χ0) is 16.6. The summed E-state index contributed by atoms with van der Waals surface area (Å²) >= 11 is 0. The summed E-state index contributed by atoms with van der Waals surface area (Å²) in [7, 11) is 1.78. The van der Waals surface area contributed by atoms with Crippen molar-refractivity contribution in [1.82, 2.24) is 15.1 Å². The Morgan fingerprint density at radius 2 is 2.22 bits per heavy atom. The molecular formula is C16H18FN3O3. The number of benzene rings is 1. The van der Waals surface area contributed by atoms with Gasteiger partial charge in [-0.25, -0.2) is 4.39 Å². The molecule has 1 aromatic heterocycles. The number of rotatable bonds is 4. The SMILES string of the molecule is Cn1cc([C@@H](NC(=O)c2ccc(F)cc2O)C2CC(O)C2)cn1. The van der Waals surface area contributed by atoms with E-state index in [2.05, 4.69) is 10.4 Å². The van der Waals surface area contributed by atoms with Gasteiger partial charge in [-0.3, -0.25) is 9.48 Å². The van der Waals surface area contributed by atoms with E-state index in [4.69, 9.17) is 0 Å². The van der Waals surface area contributed by atoms with Crippen molar-refractivity contribution >= 4 is 5.91 Å². The number of phenols is 1. The van der Waals surface area contributed by atoms with Crippen LogP contribution in [0.25, 0.3) is 0 Å². The maximum Gasteiger partial charge on any atom is 0.255 e. The normalized spacial score (nSPS) is 21.5. The fourth-order valence-electron chi connectivity index (χ4n) is 2.89. The molecule has 1 aromatic carbocycles. The Morgan fingerprint density at radius 1 is 1.48 bits per heavy atom. The number of phenolic OH excluding ortho intramolecular Hbond substituents is 1. The highest BCUT2D eigenvalue weighted by Gasteiger charge is 2.36.